The van der Waals surface area contributed by atoms with E-state index in [4.69, 9.17) is 5.10 Å². The number of hydrogen-bond acceptors (Lipinski definition) is 3. The van der Waals surface area contributed by atoms with Gasteiger partial charge in [0.2, 0.25) is 0 Å². The van der Waals surface area contributed by atoms with E-state index in [1.54, 1.807) is 0 Å². The highest BCUT2D eigenvalue weighted by Gasteiger charge is 2.20. The number of aromatic hydroxyl groups is 1. The molecular weight excluding hydrogens is 310 g/mol. The lowest BCUT2D eigenvalue weighted by atomic mass is 10.1. The molecule has 3 rings (SSSR count). The fraction of sp³-hybridized carbons (Fsp3) is 0.286. The van der Waals surface area contributed by atoms with Crippen LogP contribution in [0.2, 0.25) is 0 Å². The molecule has 1 heterocycles. The van der Waals surface area contributed by atoms with E-state index < -0.39 is 0 Å². The Balaban J connectivity index is 2.03. The van der Waals surface area contributed by atoms with Gasteiger partial charge in [-0.3, -0.25) is 4.68 Å². The zero-order valence-electron chi connectivity index (χ0n) is 14.9. The topological polar surface area (TPSA) is 41.3 Å². The van der Waals surface area contributed by atoms with E-state index in [1.165, 1.54) is 0 Å². The fourth-order valence-electron chi connectivity index (χ4n) is 3.06. The van der Waals surface area contributed by atoms with Gasteiger partial charge in [0.05, 0.1) is 6.54 Å². The van der Waals surface area contributed by atoms with Crippen LogP contribution in [0, 0.1) is 0 Å². The monoisotopic (exact) mass is 335 g/mol. The molecule has 0 radical (unpaired) electrons. The summed E-state index contributed by atoms with van der Waals surface area (Å²) in [6.07, 6.45) is 0. The molecule has 0 atom stereocenters. The third kappa shape index (κ3) is 3.74. The largest absolute Gasteiger partial charge is 0.504 e. The number of likely N-dealkylation sites (N-methyl/N-ethyl adjacent to an activating group) is 1. The number of nitrogens with zero attached hydrogens (tertiary/aromatic N) is 3. The van der Waals surface area contributed by atoms with Gasteiger partial charge in [0.1, 0.15) is 11.4 Å². The van der Waals surface area contributed by atoms with Crippen molar-refractivity contribution >= 4 is 0 Å². The normalized spacial score (nSPS) is 11.2. The van der Waals surface area contributed by atoms with Gasteiger partial charge < -0.3 is 10.0 Å². The molecule has 130 valence electrons. The molecule has 3 aromatic rings. The molecule has 0 aliphatic rings. The second kappa shape index (κ2) is 7.99. The lowest BCUT2D eigenvalue weighted by molar-refractivity contribution is 0.286. The molecule has 0 unspecified atom stereocenters. The van der Waals surface area contributed by atoms with Gasteiger partial charge in [-0.1, -0.05) is 74.5 Å². The second-order valence-corrected chi connectivity index (χ2v) is 6.03. The summed E-state index contributed by atoms with van der Waals surface area (Å²) < 4.78 is 1.94. The molecule has 0 aliphatic carbocycles. The van der Waals surface area contributed by atoms with Crippen LogP contribution in [0.15, 0.2) is 60.7 Å². The van der Waals surface area contributed by atoms with Crippen LogP contribution in [0.25, 0.3) is 22.5 Å². The lowest BCUT2D eigenvalue weighted by Crippen LogP contribution is -2.27. The highest BCUT2D eigenvalue weighted by atomic mass is 16.3. The van der Waals surface area contributed by atoms with Crippen molar-refractivity contribution in [3.05, 3.63) is 60.7 Å². The van der Waals surface area contributed by atoms with Crippen LogP contribution in [-0.2, 0) is 6.54 Å². The van der Waals surface area contributed by atoms with Gasteiger partial charge in [-0.15, -0.1) is 0 Å². The third-order valence-corrected chi connectivity index (χ3v) is 4.54. The Morgan fingerprint density at radius 1 is 0.880 bits per heavy atom. The minimum atomic E-state index is 0.247. The maximum absolute atomic E-state index is 10.9. The zero-order valence-corrected chi connectivity index (χ0v) is 14.9. The fourth-order valence-corrected chi connectivity index (χ4v) is 3.06. The van der Waals surface area contributed by atoms with Gasteiger partial charge in [-0.2, -0.15) is 5.10 Å². The summed E-state index contributed by atoms with van der Waals surface area (Å²) in [7, 11) is 0. The maximum Gasteiger partial charge on any atom is 0.169 e. The van der Waals surface area contributed by atoms with Crippen molar-refractivity contribution in [2.45, 2.75) is 20.4 Å². The second-order valence-electron chi connectivity index (χ2n) is 6.03. The predicted octanol–water partition coefficient (Wildman–Crippen LogP) is 4.26. The van der Waals surface area contributed by atoms with Crippen LogP contribution < -0.4 is 0 Å². The first-order chi connectivity index (χ1) is 12.2. The van der Waals surface area contributed by atoms with Crippen molar-refractivity contribution in [2.24, 2.45) is 0 Å². The molecule has 0 aliphatic heterocycles. The van der Waals surface area contributed by atoms with Crippen LogP contribution in [0.5, 0.6) is 5.75 Å². The van der Waals surface area contributed by atoms with E-state index in [9.17, 15) is 5.11 Å². The molecular formula is C21H25N3O. The van der Waals surface area contributed by atoms with Crippen molar-refractivity contribution in [2.75, 3.05) is 19.6 Å². The summed E-state index contributed by atoms with van der Waals surface area (Å²) >= 11 is 0. The standard InChI is InChI=1S/C21H25N3O/c1-3-23(4-2)15-16-24-20(18-13-9-6-10-14-18)21(25)19(22-24)17-11-7-5-8-12-17/h5-14,25H,3-4,15-16H2,1-2H3. The van der Waals surface area contributed by atoms with Gasteiger partial charge in [0.15, 0.2) is 5.75 Å². The Morgan fingerprint density at radius 3 is 2.00 bits per heavy atom. The van der Waals surface area contributed by atoms with Gasteiger partial charge in [0, 0.05) is 17.7 Å². The first-order valence-electron chi connectivity index (χ1n) is 8.87. The summed E-state index contributed by atoms with van der Waals surface area (Å²) in [5, 5.41) is 15.6. The lowest BCUT2D eigenvalue weighted by Gasteiger charge is -2.18. The minimum absolute atomic E-state index is 0.247. The van der Waals surface area contributed by atoms with E-state index in [-0.39, 0.29) is 5.75 Å². The Bertz CT molecular complexity index is 793. The first kappa shape index (κ1) is 17.2. The summed E-state index contributed by atoms with van der Waals surface area (Å²) in [6.45, 7) is 8.00. The molecule has 2 aromatic carbocycles. The SMILES string of the molecule is CCN(CC)CCn1nc(-c2ccccc2)c(O)c1-c1ccccc1. The Labute approximate surface area is 149 Å². The average Bonchev–Trinajstić information content (AvgIpc) is 3.00. The van der Waals surface area contributed by atoms with E-state index in [0.29, 0.717) is 5.69 Å². The highest BCUT2D eigenvalue weighted by molar-refractivity contribution is 5.77. The number of rotatable bonds is 7. The van der Waals surface area contributed by atoms with Crippen molar-refractivity contribution in [1.82, 2.24) is 14.7 Å². The number of benzene rings is 2. The predicted molar refractivity (Wildman–Crippen MR) is 103 cm³/mol. The molecule has 0 bridgehead atoms. The molecule has 25 heavy (non-hydrogen) atoms. The molecule has 0 saturated heterocycles. The molecule has 4 heteroatoms. The Kier molecular flexibility index (Phi) is 5.51. The molecule has 4 nitrogen and oxygen atoms in total. The molecule has 0 fully saturated rings. The van der Waals surface area contributed by atoms with Crippen LogP contribution >= 0.6 is 0 Å². The van der Waals surface area contributed by atoms with Crippen molar-refractivity contribution < 1.29 is 5.11 Å². The van der Waals surface area contributed by atoms with E-state index >= 15 is 0 Å². The van der Waals surface area contributed by atoms with Crippen molar-refractivity contribution in [1.29, 1.82) is 0 Å². The van der Waals surface area contributed by atoms with Crippen molar-refractivity contribution in [3.8, 4) is 28.3 Å². The smallest absolute Gasteiger partial charge is 0.169 e. The van der Waals surface area contributed by atoms with E-state index in [0.717, 1.165) is 43.0 Å². The van der Waals surface area contributed by atoms with Crippen LogP contribution in [0.3, 0.4) is 0 Å². The number of hydrogen-bond donors (Lipinski definition) is 1. The molecule has 0 saturated carbocycles. The zero-order chi connectivity index (χ0) is 17.6. The quantitative estimate of drug-likeness (QED) is 0.701. The van der Waals surface area contributed by atoms with Gasteiger partial charge in [0.25, 0.3) is 0 Å². The van der Waals surface area contributed by atoms with Gasteiger partial charge >= 0.3 is 0 Å². The maximum atomic E-state index is 10.9. The van der Waals surface area contributed by atoms with Crippen molar-refractivity contribution in [3.63, 3.8) is 0 Å². The number of aromatic nitrogens is 2. The molecule has 0 spiro atoms. The first-order valence-corrected chi connectivity index (χ1v) is 8.87. The van der Waals surface area contributed by atoms with Crippen LogP contribution in [-0.4, -0.2) is 39.4 Å². The average molecular weight is 335 g/mol. The van der Waals surface area contributed by atoms with Crippen LogP contribution in [0.4, 0.5) is 0 Å². The summed E-state index contributed by atoms with van der Waals surface area (Å²) in [5.41, 5.74) is 3.33. The molecule has 1 aromatic heterocycles. The van der Waals surface area contributed by atoms with E-state index in [1.807, 2.05) is 65.3 Å². The summed E-state index contributed by atoms with van der Waals surface area (Å²) in [4.78, 5) is 2.36. The van der Waals surface area contributed by atoms with Gasteiger partial charge in [-0.25, -0.2) is 0 Å². The van der Waals surface area contributed by atoms with Crippen LogP contribution in [0.1, 0.15) is 13.8 Å². The highest BCUT2D eigenvalue weighted by Crippen LogP contribution is 2.37. The van der Waals surface area contributed by atoms with E-state index in [2.05, 4.69) is 18.7 Å². The molecule has 1 N–H and O–H groups in total. The third-order valence-electron chi connectivity index (χ3n) is 4.54. The summed E-state index contributed by atoms with van der Waals surface area (Å²) in [5.74, 6) is 0.247. The Morgan fingerprint density at radius 2 is 1.44 bits per heavy atom. The van der Waals surface area contributed by atoms with Gasteiger partial charge in [-0.05, 0) is 13.1 Å². The molecule has 0 amide bonds. The minimum Gasteiger partial charge on any atom is -0.504 e. The summed E-state index contributed by atoms with van der Waals surface area (Å²) in [6, 6.07) is 19.8. The Hall–Kier alpha value is -2.59.